The highest BCUT2D eigenvalue weighted by atomic mass is 19.1. The third kappa shape index (κ3) is 13.9. The molecule has 1 saturated carbocycles. The van der Waals surface area contributed by atoms with Crippen molar-refractivity contribution < 1.29 is 32.6 Å². The van der Waals surface area contributed by atoms with E-state index in [4.69, 9.17) is 14.2 Å². The molecule has 0 amide bonds. The molecule has 0 unspecified atom stereocenters. The third-order valence-electron chi connectivity index (χ3n) is 8.80. The van der Waals surface area contributed by atoms with Gasteiger partial charge in [-0.1, -0.05) is 90.2 Å². The first-order valence-corrected chi connectivity index (χ1v) is 17.5. The second kappa shape index (κ2) is 21.0. The van der Waals surface area contributed by atoms with E-state index in [1.54, 1.807) is 18.2 Å². The average molecular weight is 629 g/mol. The number of carbonyl (C=O) groups is 2. The van der Waals surface area contributed by atoms with Crippen molar-refractivity contribution in [2.24, 2.45) is 5.92 Å². The normalized spacial score (nSPS) is 17.1. The van der Waals surface area contributed by atoms with Crippen LogP contribution >= 0.6 is 0 Å². The van der Waals surface area contributed by atoms with Crippen molar-refractivity contribution in [1.82, 2.24) is 0 Å². The molecule has 0 bridgehead atoms. The van der Waals surface area contributed by atoms with Crippen molar-refractivity contribution in [3.8, 4) is 11.5 Å². The lowest BCUT2D eigenvalue weighted by atomic mass is 9.83. The second-order valence-electron chi connectivity index (χ2n) is 12.6. The van der Waals surface area contributed by atoms with E-state index in [1.165, 1.54) is 57.1 Å². The summed E-state index contributed by atoms with van der Waals surface area (Å²) in [4.78, 5) is 24.6. The van der Waals surface area contributed by atoms with E-state index in [-0.39, 0.29) is 18.1 Å². The Labute approximate surface area is 269 Å². The van der Waals surface area contributed by atoms with E-state index < -0.39 is 23.9 Å². The predicted molar refractivity (Wildman–Crippen MR) is 175 cm³/mol. The summed E-state index contributed by atoms with van der Waals surface area (Å²) in [6.07, 6.45) is 16.4. The van der Waals surface area contributed by atoms with Crippen molar-refractivity contribution in [1.29, 1.82) is 0 Å². The maximum absolute atomic E-state index is 14.7. The molecule has 0 aliphatic heterocycles. The number of halogens is 2. The van der Waals surface area contributed by atoms with Gasteiger partial charge in [-0.2, -0.15) is 0 Å². The number of aryl methyl sites for hydroxylation is 1. The van der Waals surface area contributed by atoms with Crippen LogP contribution in [0.15, 0.2) is 42.5 Å². The minimum absolute atomic E-state index is 0.126. The molecule has 0 spiro atoms. The molecule has 0 radical (unpaired) electrons. The van der Waals surface area contributed by atoms with E-state index in [0.717, 1.165) is 63.4 Å². The Morgan fingerprint density at radius 3 is 2.07 bits per heavy atom. The Kier molecular flexibility index (Phi) is 17.0. The molecular formula is C38H54F2O5. The summed E-state index contributed by atoms with van der Waals surface area (Å²) in [5.74, 6) is -0.807. The van der Waals surface area contributed by atoms with E-state index >= 15 is 0 Å². The lowest BCUT2D eigenvalue weighted by molar-refractivity contribution is -0.157. The van der Waals surface area contributed by atoms with Crippen molar-refractivity contribution in [3.05, 3.63) is 59.4 Å². The van der Waals surface area contributed by atoms with Gasteiger partial charge in [-0.15, -0.1) is 0 Å². The van der Waals surface area contributed by atoms with Gasteiger partial charge in [0.2, 0.25) is 0 Å². The molecule has 2 aromatic carbocycles. The topological polar surface area (TPSA) is 61.8 Å². The second-order valence-corrected chi connectivity index (χ2v) is 12.6. The highest BCUT2D eigenvalue weighted by Crippen LogP contribution is 2.30. The molecule has 5 nitrogen and oxygen atoms in total. The number of unbranched alkanes of at least 4 members (excludes halogenated alkanes) is 9. The lowest BCUT2D eigenvalue weighted by Gasteiger charge is -2.28. The van der Waals surface area contributed by atoms with Gasteiger partial charge in [0.15, 0.2) is 6.17 Å². The molecule has 2 aromatic rings. The molecule has 1 aliphatic carbocycles. The zero-order valence-electron chi connectivity index (χ0n) is 27.5. The van der Waals surface area contributed by atoms with Gasteiger partial charge in [-0.25, -0.2) is 18.4 Å². The van der Waals surface area contributed by atoms with E-state index in [2.05, 4.69) is 6.92 Å². The van der Waals surface area contributed by atoms with Gasteiger partial charge in [-0.05, 0) is 87.1 Å². The Morgan fingerprint density at radius 2 is 1.42 bits per heavy atom. The average Bonchev–Trinajstić information content (AvgIpc) is 3.04. The van der Waals surface area contributed by atoms with Crippen molar-refractivity contribution >= 4 is 11.9 Å². The third-order valence-corrected chi connectivity index (χ3v) is 8.80. The van der Waals surface area contributed by atoms with Gasteiger partial charge in [0.1, 0.15) is 23.4 Å². The molecule has 0 saturated heterocycles. The number of benzene rings is 2. The standard InChI is InChI=1S/C38H54F2O5/c1-3-5-7-8-9-10-11-12-13-27-43-33-25-26-34(36(40)28-33)37(41)44-31-21-17-29(18-22-31)15-16-30-19-23-32(24-20-30)45-38(42)35(39)14-6-4-2/h17-18,21-22,25-26,28,30,32,35H,3-16,19-20,23-24,27H2,1-2H3/t30?,32?,35-/m0/s1. The van der Waals surface area contributed by atoms with Crippen LogP contribution in [0.1, 0.15) is 139 Å². The van der Waals surface area contributed by atoms with Crippen LogP contribution in [0, 0.1) is 11.7 Å². The molecule has 45 heavy (non-hydrogen) atoms. The fraction of sp³-hybridized carbons (Fsp3) is 0.632. The molecule has 0 N–H and O–H groups in total. The number of esters is 2. The molecule has 7 heteroatoms. The minimum Gasteiger partial charge on any atom is -0.493 e. The Hall–Kier alpha value is -2.96. The maximum Gasteiger partial charge on any atom is 0.346 e. The quantitative estimate of drug-likeness (QED) is 0.0782. The Balaban J connectivity index is 1.32. The fourth-order valence-electron chi connectivity index (χ4n) is 5.89. The van der Waals surface area contributed by atoms with Crippen molar-refractivity contribution in [2.75, 3.05) is 6.61 Å². The molecule has 1 atom stereocenters. The van der Waals surface area contributed by atoms with Crippen LogP contribution < -0.4 is 9.47 Å². The Morgan fingerprint density at radius 1 is 0.800 bits per heavy atom. The zero-order chi connectivity index (χ0) is 32.3. The highest BCUT2D eigenvalue weighted by Gasteiger charge is 2.27. The largest absolute Gasteiger partial charge is 0.493 e. The number of carbonyl (C=O) groups excluding carboxylic acids is 2. The summed E-state index contributed by atoms with van der Waals surface area (Å²) in [5, 5.41) is 0. The fourth-order valence-corrected chi connectivity index (χ4v) is 5.89. The molecule has 250 valence electrons. The first-order valence-electron chi connectivity index (χ1n) is 17.5. The highest BCUT2D eigenvalue weighted by molar-refractivity contribution is 5.91. The molecule has 1 aliphatic rings. The first-order chi connectivity index (χ1) is 21.9. The van der Waals surface area contributed by atoms with E-state index in [9.17, 15) is 18.4 Å². The van der Waals surface area contributed by atoms with Crippen molar-refractivity contribution in [3.63, 3.8) is 0 Å². The van der Waals surface area contributed by atoms with Crippen LogP contribution in [0.4, 0.5) is 8.78 Å². The molecule has 0 heterocycles. The summed E-state index contributed by atoms with van der Waals surface area (Å²) in [6, 6.07) is 11.6. The minimum atomic E-state index is -1.51. The van der Waals surface area contributed by atoms with E-state index in [1.807, 2.05) is 19.1 Å². The van der Waals surface area contributed by atoms with Crippen LogP contribution in [0.5, 0.6) is 11.5 Å². The zero-order valence-corrected chi connectivity index (χ0v) is 27.5. The summed E-state index contributed by atoms with van der Waals surface area (Å²) in [6.45, 7) is 4.73. The number of rotatable bonds is 21. The molecular weight excluding hydrogens is 574 g/mol. The summed E-state index contributed by atoms with van der Waals surface area (Å²) in [7, 11) is 0. The van der Waals surface area contributed by atoms with E-state index in [0.29, 0.717) is 30.4 Å². The molecule has 1 fully saturated rings. The molecule has 0 aromatic heterocycles. The maximum atomic E-state index is 14.7. The summed E-state index contributed by atoms with van der Waals surface area (Å²) >= 11 is 0. The van der Waals surface area contributed by atoms with Gasteiger partial charge in [0.05, 0.1) is 12.2 Å². The number of ether oxygens (including phenoxy) is 3. The Bertz CT molecular complexity index is 1130. The van der Waals surface area contributed by atoms with Gasteiger partial charge >= 0.3 is 11.9 Å². The number of alkyl halides is 1. The lowest BCUT2D eigenvalue weighted by Crippen LogP contribution is -2.29. The number of hydrogen-bond donors (Lipinski definition) is 0. The van der Waals surface area contributed by atoms with Crippen LogP contribution in [-0.2, 0) is 16.0 Å². The number of hydrogen-bond acceptors (Lipinski definition) is 5. The first kappa shape index (κ1) is 36.5. The smallest absolute Gasteiger partial charge is 0.346 e. The van der Waals surface area contributed by atoms with Crippen LogP contribution in [0.3, 0.4) is 0 Å². The van der Waals surface area contributed by atoms with Gasteiger partial charge in [-0.3, -0.25) is 0 Å². The van der Waals surface area contributed by atoms with Gasteiger partial charge < -0.3 is 14.2 Å². The van der Waals surface area contributed by atoms with Gasteiger partial charge in [0.25, 0.3) is 0 Å². The van der Waals surface area contributed by atoms with Crippen LogP contribution in [-0.4, -0.2) is 30.8 Å². The van der Waals surface area contributed by atoms with Gasteiger partial charge in [0, 0.05) is 6.07 Å². The monoisotopic (exact) mass is 628 g/mol. The molecule has 3 rings (SSSR count). The SMILES string of the molecule is CCCCCCCCCCCOc1ccc(C(=O)Oc2ccc(CCC3CCC(OC(=O)[C@@H](F)CCCC)CC3)cc2)c(F)c1. The van der Waals surface area contributed by atoms with Crippen LogP contribution in [0.25, 0.3) is 0 Å². The van der Waals surface area contributed by atoms with Crippen LogP contribution in [0.2, 0.25) is 0 Å². The summed E-state index contributed by atoms with van der Waals surface area (Å²) in [5.41, 5.74) is 0.998. The van der Waals surface area contributed by atoms with Crippen molar-refractivity contribution in [2.45, 2.75) is 142 Å². The summed E-state index contributed by atoms with van der Waals surface area (Å²) < 4.78 is 45.1. The predicted octanol–water partition coefficient (Wildman–Crippen LogP) is 10.5.